The van der Waals surface area contributed by atoms with Crippen LogP contribution in [-0.4, -0.2) is 23.4 Å². The lowest BCUT2D eigenvalue weighted by Gasteiger charge is -2.34. The number of benzene rings is 2. The normalized spacial score (nSPS) is 15.2. The maximum Gasteiger partial charge on any atom is 0.331 e. The molecule has 0 spiro atoms. The molecule has 1 saturated heterocycles. The van der Waals surface area contributed by atoms with Crippen LogP contribution in [0, 0.1) is 13.8 Å². The molecule has 0 bridgehead atoms. The summed E-state index contributed by atoms with van der Waals surface area (Å²) in [5.41, 5.74) is 3.81. The maximum atomic E-state index is 12.8. The molecule has 2 aromatic carbocycles. The lowest BCUT2D eigenvalue weighted by Crippen LogP contribution is -2.52. The summed E-state index contributed by atoms with van der Waals surface area (Å²) in [4.78, 5) is 28.1. The molecule has 4 nitrogen and oxygen atoms in total. The van der Waals surface area contributed by atoms with Crippen molar-refractivity contribution in [3.05, 3.63) is 65.2 Å². The van der Waals surface area contributed by atoms with Crippen molar-refractivity contribution in [2.75, 3.05) is 11.4 Å². The standard InChI is InChI=1S/C19H20N2O2/c1-14-10-15(2)12-17(11-14)21-18(22)8-9-20(19(21)23)13-16-6-4-3-5-7-16/h3-7,10-12H,8-9,13H2,1-2H3. The van der Waals surface area contributed by atoms with E-state index >= 15 is 0 Å². The number of amides is 3. The van der Waals surface area contributed by atoms with Crippen molar-refractivity contribution < 1.29 is 9.59 Å². The van der Waals surface area contributed by atoms with Crippen LogP contribution >= 0.6 is 0 Å². The number of anilines is 1. The Labute approximate surface area is 136 Å². The molecular formula is C19H20N2O2. The summed E-state index contributed by atoms with van der Waals surface area (Å²) in [6, 6.07) is 15.4. The largest absolute Gasteiger partial charge is 0.331 e. The van der Waals surface area contributed by atoms with E-state index in [2.05, 4.69) is 0 Å². The van der Waals surface area contributed by atoms with Crippen LogP contribution < -0.4 is 4.90 Å². The molecule has 23 heavy (non-hydrogen) atoms. The highest BCUT2D eigenvalue weighted by molar-refractivity contribution is 6.15. The Morgan fingerprint density at radius 1 is 0.957 bits per heavy atom. The third kappa shape index (κ3) is 3.26. The van der Waals surface area contributed by atoms with E-state index < -0.39 is 0 Å². The van der Waals surface area contributed by atoms with Crippen LogP contribution in [-0.2, 0) is 11.3 Å². The lowest BCUT2D eigenvalue weighted by molar-refractivity contribution is -0.119. The molecule has 1 aliphatic rings. The van der Waals surface area contributed by atoms with Gasteiger partial charge in [-0.2, -0.15) is 0 Å². The predicted octanol–water partition coefficient (Wildman–Crippen LogP) is 3.66. The van der Waals surface area contributed by atoms with E-state index in [4.69, 9.17) is 0 Å². The van der Waals surface area contributed by atoms with E-state index in [9.17, 15) is 9.59 Å². The maximum absolute atomic E-state index is 12.8. The Kier molecular flexibility index (Phi) is 4.15. The second-order valence-corrected chi connectivity index (χ2v) is 6.01. The minimum atomic E-state index is -0.241. The van der Waals surface area contributed by atoms with E-state index in [-0.39, 0.29) is 11.9 Å². The highest BCUT2D eigenvalue weighted by Crippen LogP contribution is 2.24. The van der Waals surface area contributed by atoms with Crippen molar-refractivity contribution >= 4 is 17.6 Å². The minimum Gasteiger partial charge on any atom is -0.319 e. The van der Waals surface area contributed by atoms with E-state index in [0.29, 0.717) is 25.2 Å². The molecular weight excluding hydrogens is 288 g/mol. The van der Waals surface area contributed by atoms with E-state index in [1.807, 2.05) is 62.4 Å². The van der Waals surface area contributed by atoms with Crippen molar-refractivity contribution in [2.24, 2.45) is 0 Å². The van der Waals surface area contributed by atoms with E-state index in [0.717, 1.165) is 16.7 Å². The highest BCUT2D eigenvalue weighted by atomic mass is 16.2. The fourth-order valence-electron chi connectivity index (χ4n) is 2.97. The molecule has 3 rings (SSSR count). The monoisotopic (exact) mass is 308 g/mol. The van der Waals surface area contributed by atoms with E-state index in [1.165, 1.54) is 4.90 Å². The molecule has 0 N–H and O–H groups in total. The molecule has 2 aromatic rings. The Hall–Kier alpha value is -2.62. The smallest absolute Gasteiger partial charge is 0.319 e. The first kappa shape index (κ1) is 15.3. The van der Waals surface area contributed by atoms with Gasteiger partial charge in [-0.15, -0.1) is 0 Å². The number of hydrogen-bond acceptors (Lipinski definition) is 2. The zero-order valence-corrected chi connectivity index (χ0v) is 13.5. The first-order valence-corrected chi connectivity index (χ1v) is 7.78. The van der Waals surface area contributed by atoms with Crippen LogP contribution in [0.2, 0.25) is 0 Å². The Morgan fingerprint density at radius 3 is 2.26 bits per heavy atom. The number of carbonyl (C=O) groups is 2. The molecule has 4 heteroatoms. The van der Waals surface area contributed by atoms with Crippen LogP contribution in [0.5, 0.6) is 0 Å². The van der Waals surface area contributed by atoms with Gasteiger partial charge in [-0.25, -0.2) is 9.69 Å². The number of hydrogen-bond donors (Lipinski definition) is 0. The third-order valence-electron chi connectivity index (χ3n) is 3.99. The molecule has 0 unspecified atom stereocenters. The summed E-state index contributed by atoms with van der Waals surface area (Å²) < 4.78 is 0. The van der Waals surface area contributed by atoms with Crippen molar-refractivity contribution in [3.63, 3.8) is 0 Å². The SMILES string of the molecule is Cc1cc(C)cc(N2C(=O)CCN(Cc3ccccc3)C2=O)c1. The zero-order chi connectivity index (χ0) is 16.4. The Bertz CT molecular complexity index is 720. The average molecular weight is 308 g/mol. The van der Waals surface area contributed by atoms with Crippen LogP contribution in [0.3, 0.4) is 0 Å². The van der Waals surface area contributed by atoms with Gasteiger partial charge in [0.15, 0.2) is 0 Å². The molecule has 0 saturated carbocycles. The van der Waals surface area contributed by atoms with Gasteiger partial charge in [-0.05, 0) is 42.7 Å². The topological polar surface area (TPSA) is 40.6 Å². The highest BCUT2D eigenvalue weighted by Gasteiger charge is 2.33. The van der Waals surface area contributed by atoms with Crippen molar-refractivity contribution in [3.8, 4) is 0 Å². The number of rotatable bonds is 3. The lowest BCUT2D eigenvalue weighted by atomic mass is 10.1. The van der Waals surface area contributed by atoms with Gasteiger partial charge in [0.1, 0.15) is 0 Å². The van der Waals surface area contributed by atoms with Gasteiger partial charge in [-0.1, -0.05) is 36.4 Å². The molecule has 0 aromatic heterocycles. The Morgan fingerprint density at radius 2 is 1.61 bits per heavy atom. The predicted molar refractivity (Wildman–Crippen MR) is 90.3 cm³/mol. The van der Waals surface area contributed by atoms with Crippen LogP contribution in [0.25, 0.3) is 0 Å². The number of imide groups is 1. The van der Waals surface area contributed by atoms with Gasteiger partial charge < -0.3 is 4.90 Å². The molecule has 0 radical (unpaired) electrons. The van der Waals surface area contributed by atoms with Crippen LogP contribution in [0.1, 0.15) is 23.1 Å². The van der Waals surface area contributed by atoms with Gasteiger partial charge >= 0.3 is 6.03 Å². The second-order valence-electron chi connectivity index (χ2n) is 6.01. The summed E-state index contributed by atoms with van der Waals surface area (Å²) >= 11 is 0. The quantitative estimate of drug-likeness (QED) is 0.868. The third-order valence-corrected chi connectivity index (χ3v) is 3.99. The molecule has 1 fully saturated rings. The molecule has 0 aliphatic carbocycles. The van der Waals surface area contributed by atoms with Gasteiger partial charge in [0.05, 0.1) is 5.69 Å². The molecule has 3 amide bonds. The van der Waals surface area contributed by atoms with Crippen molar-refractivity contribution in [1.82, 2.24) is 4.90 Å². The Balaban J connectivity index is 1.87. The van der Waals surface area contributed by atoms with Gasteiger partial charge in [0.25, 0.3) is 0 Å². The fourth-order valence-corrected chi connectivity index (χ4v) is 2.97. The van der Waals surface area contributed by atoms with Crippen LogP contribution in [0.4, 0.5) is 10.5 Å². The summed E-state index contributed by atoms with van der Waals surface area (Å²) in [6.07, 6.45) is 0.353. The van der Waals surface area contributed by atoms with Crippen molar-refractivity contribution in [1.29, 1.82) is 0 Å². The van der Waals surface area contributed by atoms with Crippen molar-refractivity contribution in [2.45, 2.75) is 26.8 Å². The minimum absolute atomic E-state index is 0.135. The number of carbonyl (C=O) groups excluding carboxylic acids is 2. The molecule has 1 aliphatic heterocycles. The zero-order valence-electron chi connectivity index (χ0n) is 13.5. The van der Waals surface area contributed by atoms with Gasteiger partial charge in [0.2, 0.25) is 5.91 Å². The average Bonchev–Trinajstić information content (AvgIpc) is 2.50. The molecule has 1 heterocycles. The molecule has 118 valence electrons. The fraction of sp³-hybridized carbons (Fsp3) is 0.263. The first-order valence-electron chi connectivity index (χ1n) is 7.78. The van der Waals surface area contributed by atoms with Gasteiger partial charge in [-0.3, -0.25) is 4.79 Å². The summed E-state index contributed by atoms with van der Waals surface area (Å²) in [5.74, 6) is -0.135. The summed E-state index contributed by atoms with van der Waals surface area (Å²) in [6.45, 7) is 4.93. The number of aryl methyl sites for hydroxylation is 2. The van der Waals surface area contributed by atoms with Gasteiger partial charge in [0, 0.05) is 19.5 Å². The second kappa shape index (κ2) is 6.24. The van der Waals surface area contributed by atoms with Crippen LogP contribution in [0.15, 0.2) is 48.5 Å². The van der Waals surface area contributed by atoms with E-state index in [1.54, 1.807) is 4.90 Å². The summed E-state index contributed by atoms with van der Waals surface area (Å²) in [7, 11) is 0. The summed E-state index contributed by atoms with van der Waals surface area (Å²) in [5, 5.41) is 0. The first-order chi connectivity index (χ1) is 11.0. The molecule has 0 atom stereocenters. The number of urea groups is 1. The number of nitrogens with zero attached hydrogens (tertiary/aromatic N) is 2.